The smallest absolute Gasteiger partial charge is 0.358 e. The Morgan fingerprint density at radius 2 is 2.42 bits per heavy atom. The molecule has 0 aliphatic rings. The second kappa shape index (κ2) is 3.04. The molecule has 0 saturated heterocycles. The molecular weight excluding hydrogens is 164 g/mol. The van der Waals surface area contributed by atoms with Gasteiger partial charge in [-0.15, -0.1) is 0 Å². The molecule has 0 unspecified atom stereocenters. The Bertz CT molecular complexity index is 357. The Hall–Kier alpha value is -1.85. The van der Waals surface area contributed by atoms with E-state index in [4.69, 9.17) is 5.21 Å². The summed E-state index contributed by atoms with van der Waals surface area (Å²) >= 11 is 0. The molecule has 1 aromatic heterocycles. The Morgan fingerprint density at radius 3 is 2.92 bits per heavy atom. The van der Waals surface area contributed by atoms with Crippen molar-refractivity contribution in [2.24, 2.45) is 0 Å². The van der Waals surface area contributed by atoms with Crippen molar-refractivity contribution < 1.29 is 14.7 Å². The molecule has 1 N–H and O–H groups in total. The summed E-state index contributed by atoms with van der Waals surface area (Å²) in [7, 11) is 1.18. The van der Waals surface area contributed by atoms with Crippen LogP contribution in [0.5, 0.6) is 0 Å². The van der Waals surface area contributed by atoms with E-state index in [0.29, 0.717) is 0 Å². The van der Waals surface area contributed by atoms with Gasteiger partial charge < -0.3 is 9.94 Å². The third-order valence-electron chi connectivity index (χ3n) is 1.18. The highest BCUT2D eigenvalue weighted by Crippen LogP contribution is 1.91. The number of rotatable bonds is 1. The Balaban J connectivity index is 3.13. The van der Waals surface area contributed by atoms with E-state index in [1.807, 2.05) is 0 Å². The van der Waals surface area contributed by atoms with Crippen LogP contribution in [0.15, 0.2) is 17.2 Å². The van der Waals surface area contributed by atoms with Gasteiger partial charge in [0.25, 0.3) is 0 Å². The standard InChI is InChI=1S/C6H6N2O4/c1-12-6(10)4-3-8(11)5(9)2-7-4/h2-3,11H,1H3. The predicted molar refractivity (Wildman–Crippen MR) is 37.0 cm³/mol. The summed E-state index contributed by atoms with van der Waals surface area (Å²) in [6.07, 6.45) is 1.71. The van der Waals surface area contributed by atoms with Crippen LogP contribution in [0.2, 0.25) is 0 Å². The van der Waals surface area contributed by atoms with Crippen molar-refractivity contribution in [1.29, 1.82) is 0 Å². The molecule has 6 nitrogen and oxygen atoms in total. The van der Waals surface area contributed by atoms with Gasteiger partial charge in [-0.1, -0.05) is 0 Å². The van der Waals surface area contributed by atoms with Crippen molar-refractivity contribution in [3.8, 4) is 0 Å². The lowest BCUT2D eigenvalue weighted by molar-refractivity contribution is 0.0587. The molecule has 1 rings (SSSR count). The van der Waals surface area contributed by atoms with E-state index in [9.17, 15) is 9.59 Å². The van der Waals surface area contributed by atoms with E-state index in [1.165, 1.54) is 7.11 Å². The van der Waals surface area contributed by atoms with Crippen LogP contribution < -0.4 is 5.56 Å². The van der Waals surface area contributed by atoms with Gasteiger partial charge in [0.2, 0.25) is 0 Å². The first-order valence-corrected chi connectivity index (χ1v) is 3.01. The van der Waals surface area contributed by atoms with Crippen LogP contribution in [0, 0.1) is 0 Å². The fourth-order valence-corrected chi connectivity index (χ4v) is 0.607. The van der Waals surface area contributed by atoms with Gasteiger partial charge >= 0.3 is 11.5 Å². The summed E-state index contributed by atoms with van der Waals surface area (Å²) in [4.78, 5) is 24.8. The maximum absolute atomic E-state index is 10.8. The Labute approximate surface area is 67.0 Å². The molecule has 0 saturated carbocycles. The lowest BCUT2D eigenvalue weighted by atomic mass is 10.5. The molecule has 0 fully saturated rings. The number of ether oxygens (including phenoxy) is 1. The summed E-state index contributed by atoms with van der Waals surface area (Å²) in [6.45, 7) is 0. The summed E-state index contributed by atoms with van der Waals surface area (Å²) in [6, 6.07) is 0. The van der Waals surface area contributed by atoms with Gasteiger partial charge in [0.15, 0.2) is 5.69 Å². The number of aromatic nitrogens is 2. The summed E-state index contributed by atoms with van der Waals surface area (Å²) in [5.74, 6) is -0.710. The minimum absolute atomic E-state index is 0.125. The van der Waals surface area contributed by atoms with E-state index in [-0.39, 0.29) is 10.4 Å². The summed E-state index contributed by atoms with van der Waals surface area (Å²) in [5.41, 5.74) is -0.831. The molecule has 1 aromatic rings. The van der Waals surface area contributed by atoms with Crippen molar-refractivity contribution >= 4 is 5.97 Å². The van der Waals surface area contributed by atoms with Crippen molar-refractivity contribution in [2.45, 2.75) is 0 Å². The van der Waals surface area contributed by atoms with Crippen LogP contribution in [-0.2, 0) is 4.74 Å². The molecule has 64 valence electrons. The Morgan fingerprint density at radius 1 is 1.75 bits per heavy atom. The van der Waals surface area contributed by atoms with Gasteiger partial charge in [0.05, 0.1) is 19.5 Å². The molecule has 12 heavy (non-hydrogen) atoms. The molecule has 0 aliphatic heterocycles. The average molecular weight is 170 g/mol. The number of carbonyl (C=O) groups is 1. The van der Waals surface area contributed by atoms with E-state index in [2.05, 4.69) is 9.72 Å². The SMILES string of the molecule is COC(=O)c1cn(O)c(=O)cn1. The van der Waals surface area contributed by atoms with Crippen LogP contribution in [0.25, 0.3) is 0 Å². The van der Waals surface area contributed by atoms with Gasteiger partial charge in [-0.25, -0.2) is 9.78 Å². The van der Waals surface area contributed by atoms with Crippen LogP contribution in [0.4, 0.5) is 0 Å². The van der Waals surface area contributed by atoms with Gasteiger partial charge in [-0.2, -0.15) is 4.73 Å². The number of hydrogen-bond acceptors (Lipinski definition) is 5. The van der Waals surface area contributed by atoms with E-state index in [0.717, 1.165) is 12.4 Å². The topological polar surface area (TPSA) is 81.4 Å². The lowest BCUT2D eigenvalue weighted by Gasteiger charge is -1.98. The van der Waals surface area contributed by atoms with Gasteiger partial charge in [-0.3, -0.25) is 4.79 Å². The van der Waals surface area contributed by atoms with E-state index in [1.54, 1.807) is 0 Å². The van der Waals surface area contributed by atoms with Crippen LogP contribution in [0.3, 0.4) is 0 Å². The first-order valence-electron chi connectivity index (χ1n) is 3.01. The highest BCUT2D eigenvalue weighted by atomic mass is 16.5. The second-order valence-corrected chi connectivity index (χ2v) is 1.95. The van der Waals surface area contributed by atoms with Crippen LogP contribution in [0.1, 0.15) is 10.5 Å². The van der Waals surface area contributed by atoms with Crippen molar-refractivity contribution in [3.63, 3.8) is 0 Å². The quantitative estimate of drug-likeness (QED) is 0.443. The number of nitrogens with zero attached hydrogens (tertiary/aromatic N) is 2. The number of esters is 1. The zero-order valence-electron chi connectivity index (χ0n) is 6.22. The van der Waals surface area contributed by atoms with Crippen molar-refractivity contribution in [3.05, 3.63) is 28.4 Å². The minimum Gasteiger partial charge on any atom is -0.464 e. The largest absolute Gasteiger partial charge is 0.464 e. The van der Waals surface area contributed by atoms with Crippen LogP contribution >= 0.6 is 0 Å². The van der Waals surface area contributed by atoms with Crippen molar-refractivity contribution in [2.75, 3.05) is 7.11 Å². The number of methoxy groups -OCH3 is 1. The maximum Gasteiger partial charge on any atom is 0.358 e. The summed E-state index contributed by atoms with van der Waals surface area (Å²) < 4.78 is 4.57. The highest BCUT2D eigenvalue weighted by Gasteiger charge is 2.07. The molecule has 0 bridgehead atoms. The predicted octanol–water partition coefficient (Wildman–Crippen LogP) is -0.733. The highest BCUT2D eigenvalue weighted by molar-refractivity contribution is 5.86. The molecule has 0 spiro atoms. The Kier molecular flexibility index (Phi) is 2.09. The first kappa shape index (κ1) is 8.25. The van der Waals surface area contributed by atoms with Gasteiger partial charge in [0, 0.05) is 0 Å². The fraction of sp³-hybridized carbons (Fsp3) is 0.167. The molecule has 0 atom stereocenters. The fourth-order valence-electron chi connectivity index (χ4n) is 0.607. The third-order valence-corrected chi connectivity index (χ3v) is 1.18. The van der Waals surface area contributed by atoms with Crippen LogP contribution in [-0.4, -0.2) is 28.0 Å². The lowest BCUT2D eigenvalue weighted by Crippen LogP contribution is -2.20. The van der Waals surface area contributed by atoms with E-state index >= 15 is 0 Å². The second-order valence-electron chi connectivity index (χ2n) is 1.95. The van der Waals surface area contributed by atoms with Gasteiger partial charge in [0.1, 0.15) is 0 Å². The average Bonchev–Trinajstić information content (AvgIpc) is 2.08. The molecule has 0 amide bonds. The normalized spacial score (nSPS) is 9.42. The molecule has 0 aliphatic carbocycles. The minimum atomic E-state index is -0.710. The molecule has 6 heteroatoms. The van der Waals surface area contributed by atoms with Gasteiger partial charge in [-0.05, 0) is 0 Å². The molecule has 0 radical (unpaired) electrons. The monoisotopic (exact) mass is 170 g/mol. The first-order chi connectivity index (χ1) is 5.65. The van der Waals surface area contributed by atoms with Crippen molar-refractivity contribution in [1.82, 2.24) is 9.71 Å². The zero-order chi connectivity index (χ0) is 9.14. The zero-order valence-corrected chi connectivity index (χ0v) is 6.22. The molecule has 0 aromatic carbocycles. The number of carbonyl (C=O) groups excluding carboxylic acids is 1. The summed E-state index contributed by atoms with van der Waals surface area (Å²) in [5, 5.41) is 8.80. The number of hydrogen-bond donors (Lipinski definition) is 1. The maximum atomic E-state index is 10.8. The van der Waals surface area contributed by atoms with E-state index < -0.39 is 11.5 Å². The molecule has 1 heterocycles. The molecular formula is C6H6N2O4. The third kappa shape index (κ3) is 1.42.